The van der Waals surface area contributed by atoms with Gasteiger partial charge in [0.1, 0.15) is 5.82 Å². The number of hydrogen-bond acceptors (Lipinski definition) is 0. The molecule has 0 fully saturated rings. The van der Waals surface area contributed by atoms with E-state index in [0.29, 0.717) is 11.5 Å². The van der Waals surface area contributed by atoms with E-state index in [-0.39, 0.29) is 5.82 Å². The standard InChI is InChI=1S/C36H37F/c1-3-4-6-9-29-12-14-31(15-13-29)22-24-35-25-23-33(27-36(35)37)21-18-30-16-19-32(20-17-30)26-28(2)34-10-7-5-8-11-34/h3-5,7-8,10-17,19-20,22-25,27-28H,6,9,18,21,26H2,1-2H3/b4-3+,24-22?/t28-/m1/s1. The topological polar surface area (TPSA) is 0 Å². The van der Waals surface area contributed by atoms with Gasteiger partial charge in [0.25, 0.3) is 0 Å². The lowest BCUT2D eigenvalue weighted by Crippen LogP contribution is -1.99. The monoisotopic (exact) mass is 488 g/mol. The highest BCUT2D eigenvalue weighted by Gasteiger charge is 2.07. The molecule has 1 atom stereocenters. The summed E-state index contributed by atoms with van der Waals surface area (Å²) in [5.41, 5.74) is 8.07. The molecule has 188 valence electrons. The molecule has 0 N–H and O–H groups in total. The summed E-state index contributed by atoms with van der Waals surface area (Å²) in [5.74, 6) is 0.331. The van der Waals surface area contributed by atoms with Crippen LogP contribution >= 0.6 is 0 Å². The SMILES string of the molecule is C/C=C/CCc1ccc(C=Cc2ccc(CCc3ccc(C[C@@H](C)c4ccccc4)cc3)cc2F)cc1. The van der Waals surface area contributed by atoms with E-state index in [2.05, 4.69) is 97.9 Å². The van der Waals surface area contributed by atoms with Gasteiger partial charge in [0.05, 0.1) is 0 Å². The molecule has 0 aliphatic heterocycles. The van der Waals surface area contributed by atoms with Crippen LogP contribution in [0.15, 0.2) is 109 Å². The summed E-state index contributed by atoms with van der Waals surface area (Å²) in [6.07, 6.45) is 13.0. The second-order valence-electron chi connectivity index (χ2n) is 9.87. The zero-order valence-corrected chi connectivity index (χ0v) is 22.0. The van der Waals surface area contributed by atoms with Crippen LogP contribution in [-0.2, 0) is 25.7 Å². The Labute approximate surface area is 222 Å². The Morgan fingerprint density at radius 1 is 0.676 bits per heavy atom. The number of halogens is 1. The van der Waals surface area contributed by atoms with Crippen LogP contribution in [0.25, 0.3) is 12.2 Å². The number of rotatable bonds is 11. The molecule has 0 aromatic heterocycles. The van der Waals surface area contributed by atoms with Gasteiger partial charge in [-0.2, -0.15) is 0 Å². The zero-order valence-electron chi connectivity index (χ0n) is 22.0. The van der Waals surface area contributed by atoms with Crippen LogP contribution in [0.5, 0.6) is 0 Å². The third kappa shape index (κ3) is 8.15. The van der Waals surface area contributed by atoms with Crippen molar-refractivity contribution in [1.29, 1.82) is 0 Å². The van der Waals surface area contributed by atoms with Gasteiger partial charge >= 0.3 is 0 Å². The molecule has 0 amide bonds. The van der Waals surface area contributed by atoms with E-state index < -0.39 is 0 Å². The van der Waals surface area contributed by atoms with Gasteiger partial charge in [0, 0.05) is 5.56 Å². The Morgan fingerprint density at radius 3 is 2.00 bits per heavy atom. The average molecular weight is 489 g/mol. The molecular formula is C36H37F. The molecular weight excluding hydrogens is 451 g/mol. The summed E-state index contributed by atoms with van der Waals surface area (Å²) in [7, 11) is 0. The van der Waals surface area contributed by atoms with Crippen molar-refractivity contribution in [2.45, 2.75) is 51.9 Å². The molecule has 0 nitrogen and oxygen atoms in total. The fourth-order valence-electron chi connectivity index (χ4n) is 4.64. The van der Waals surface area contributed by atoms with Gasteiger partial charge in [-0.1, -0.05) is 122 Å². The number of hydrogen-bond donors (Lipinski definition) is 0. The summed E-state index contributed by atoms with van der Waals surface area (Å²) in [6, 6.07) is 33.7. The maximum absolute atomic E-state index is 14.8. The van der Waals surface area contributed by atoms with Gasteiger partial charge in [-0.25, -0.2) is 4.39 Å². The van der Waals surface area contributed by atoms with Crippen molar-refractivity contribution in [3.8, 4) is 0 Å². The van der Waals surface area contributed by atoms with Crippen molar-refractivity contribution in [3.63, 3.8) is 0 Å². The molecule has 1 heteroatoms. The van der Waals surface area contributed by atoms with Crippen molar-refractivity contribution in [1.82, 2.24) is 0 Å². The molecule has 4 aromatic carbocycles. The Bertz CT molecular complexity index is 1300. The lowest BCUT2D eigenvalue weighted by Gasteiger charge is -2.12. The van der Waals surface area contributed by atoms with Gasteiger partial charge in [0.15, 0.2) is 0 Å². The van der Waals surface area contributed by atoms with Gasteiger partial charge in [-0.3, -0.25) is 0 Å². The predicted octanol–water partition coefficient (Wildman–Crippen LogP) is 9.64. The molecule has 0 radical (unpaired) electrons. The summed E-state index contributed by atoms with van der Waals surface area (Å²) in [4.78, 5) is 0. The summed E-state index contributed by atoms with van der Waals surface area (Å²) in [6.45, 7) is 4.33. The lowest BCUT2D eigenvalue weighted by molar-refractivity contribution is 0.622. The Balaban J connectivity index is 1.29. The van der Waals surface area contributed by atoms with Gasteiger partial charge < -0.3 is 0 Å². The molecule has 4 rings (SSSR count). The number of benzene rings is 4. The maximum atomic E-state index is 14.8. The van der Waals surface area contributed by atoms with Crippen molar-refractivity contribution >= 4 is 12.2 Å². The summed E-state index contributed by atoms with van der Waals surface area (Å²) < 4.78 is 14.8. The molecule has 0 aliphatic rings. The van der Waals surface area contributed by atoms with E-state index in [0.717, 1.165) is 43.2 Å². The number of aryl methyl sites for hydroxylation is 3. The van der Waals surface area contributed by atoms with Crippen LogP contribution in [0.1, 0.15) is 65.1 Å². The number of allylic oxidation sites excluding steroid dienone is 2. The van der Waals surface area contributed by atoms with Crippen LogP contribution in [0, 0.1) is 5.82 Å². The highest BCUT2D eigenvalue weighted by atomic mass is 19.1. The Morgan fingerprint density at radius 2 is 1.30 bits per heavy atom. The highest BCUT2D eigenvalue weighted by molar-refractivity contribution is 5.70. The molecule has 4 aromatic rings. The summed E-state index contributed by atoms with van der Waals surface area (Å²) in [5, 5.41) is 0. The fraction of sp³-hybridized carbons (Fsp3) is 0.222. The highest BCUT2D eigenvalue weighted by Crippen LogP contribution is 2.21. The third-order valence-electron chi connectivity index (χ3n) is 6.97. The molecule has 0 saturated heterocycles. The Kier molecular flexibility index (Phi) is 9.66. The van der Waals surface area contributed by atoms with E-state index in [1.165, 1.54) is 22.3 Å². The average Bonchev–Trinajstić information content (AvgIpc) is 2.93. The predicted molar refractivity (Wildman–Crippen MR) is 157 cm³/mol. The molecule has 0 saturated carbocycles. The van der Waals surface area contributed by atoms with Gasteiger partial charge in [-0.05, 0) is 84.4 Å². The zero-order chi connectivity index (χ0) is 25.9. The van der Waals surface area contributed by atoms with Crippen molar-refractivity contribution in [2.75, 3.05) is 0 Å². The molecule has 0 bridgehead atoms. The minimum Gasteiger partial charge on any atom is -0.206 e. The Hall–Kier alpha value is -3.71. The molecule has 0 heterocycles. The molecule has 0 aliphatic carbocycles. The minimum atomic E-state index is -0.165. The van der Waals surface area contributed by atoms with Crippen LogP contribution in [0.2, 0.25) is 0 Å². The van der Waals surface area contributed by atoms with Crippen molar-refractivity contribution < 1.29 is 4.39 Å². The van der Waals surface area contributed by atoms with E-state index in [1.54, 1.807) is 6.07 Å². The van der Waals surface area contributed by atoms with Crippen LogP contribution in [-0.4, -0.2) is 0 Å². The van der Waals surface area contributed by atoms with Gasteiger partial charge in [0.2, 0.25) is 0 Å². The molecule has 0 spiro atoms. The van der Waals surface area contributed by atoms with E-state index in [9.17, 15) is 4.39 Å². The first-order valence-electron chi connectivity index (χ1n) is 13.4. The smallest absolute Gasteiger partial charge is 0.130 e. The second-order valence-corrected chi connectivity index (χ2v) is 9.87. The van der Waals surface area contributed by atoms with E-state index in [4.69, 9.17) is 0 Å². The first-order chi connectivity index (χ1) is 18.1. The third-order valence-corrected chi connectivity index (χ3v) is 6.97. The van der Waals surface area contributed by atoms with Crippen molar-refractivity contribution in [3.05, 3.63) is 154 Å². The van der Waals surface area contributed by atoms with Crippen LogP contribution in [0.3, 0.4) is 0 Å². The minimum absolute atomic E-state index is 0.165. The fourth-order valence-corrected chi connectivity index (χ4v) is 4.64. The largest absolute Gasteiger partial charge is 0.206 e. The van der Waals surface area contributed by atoms with E-state index >= 15 is 0 Å². The van der Waals surface area contributed by atoms with Crippen LogP contribution in [0.4, 0.5) is 4.39 Å². The normalized spacial score (nSPS) is 12.4. The van der Waals surface area contributed by atoms with E-state index in [1.807, 2.05) is 31.2 Å². The van der Waals surface area contributed by atoms with Crippen molar-refractivity contribution in [2.24, 2.45) is 0 Å². The molecule has 0 unspecified atom stereocenters. The maximum Gasteiger partial charge on any atom is 0.130 e. The first kappa shape index (κ1) is 26.4. The quantitative estimate of drug-likeness (QED) is 0.146. The second kappa shape index (κ2) is 13.6. The molecule has 37 heavy (non-hydrogen) atoms. The first-order valence-corrected chi connectivity index (χ1v) is 13.4. The van der Waals surface area contributed by atoms with Gasteiger partial charge in [-0.15, -0.1) is 0 Å². The van der Waals surface area contributed by atoms with Crippen LogP contribution < -0.4 is 0 Å². The lowest BCUT2D eigenvalue weighted by atomic mass is 9.93. The summed E-state index contributed by atoms with van der Waals surface area (Å²) >= 11 is 0.